The van der Waals surface area contributed by atoms with Crippen LogP contribution in [-0.4, -0.2) is 13.2 Å². The van der Waals surface area contributed by atoms with Crippen LogP contribution in [0.4, 0.5) is 0 Å². The van der Waals surface area contributed by atoms with Gasteiger partial charge in [0.05, 0.1) is 12.9 Å². The summed E-state index contributed by atoms with van der Waals surface area (Å²) in [6, 6.07) is 6.99. The number of aryl methyl sites for hydroxylation is 2. The van der Waals surface area contributed by atoms with Gasteiger partial charge in [0.25, 0.3) is 0 Å². The smallest absolute Gasteiger partial charge is 0.0885 e. The van der Waals surface area contributed by atoms with Crippen molar-refractivity contribution in [1.82, 2.24) is 5.32 Å². The molecule has 0 aliphatic heterocycles. The molecule has 1 aromatic rings. The van der Waals surface area contributed by atoms with Crippen LogP contribution in [0.1, 0.15) is 36.1 Å². The highest BCUT2D eigenvalue weighted by atomic mass is 16.5. The second-order valence-electron chi connectivity index (χ2n) is 4.43. The molecule has 2 heteroatoms. The van der Waals surface area contributed by atoms with E-state index in [4.69, 9.17) is 4.74 Å². The first-order valence-corrected chi connectivity index (χ1v) is 6.18. The molecule has 1 aromatic carbocycles. The lowest BCUT2D eigenvalue weighted by molar-refractivity contribution is 0.243. The molecule has 0 saturated heterocycles. The van der Waals surface area contributed by atoms with Gasteiger partial charge in [0.2, 0.25) is 0 Å². The first-order valence-electron chi connectivity index (χ1n) is 6.18. The topological polar surface area (TPSA) is 21.3 Å². The first-order chi connectivity index (χ1) is 8.15. The van der Waals surface area contributed by atoms with E-state index in [9.17, 15) is 0 Å². The molecule has 1 unspecified atom stereocenters. The SMILES string of the molecule is C=COCCCNC(C)c1cc(C)ccc1C. The van der Waals surface area contributed by atoms with Crippen LogP contribution in [0, 0.1) is 13.8 Å². The number of rotatable bonds is 7. The minimum absolute atomic E-state index is 0.388. The molecule has 0 radical (unpaired) electrons. The third kappa shape index (κ3) is 4.61. The number of hydrogen-bond acceptors (Lipinski definition) is 2. The Labute approximate surface area is 105 Å². The Balaban J connectivity index is 2.43. The van der Waals surface area contributed by atoms with E-state index in [1.807, 2.05) is 0 Å². The van der Waals surface area contributed by atoms with Crippen LogP contribution in [0.25, 0.3) is 0 Å². The Kier molecular flexibility index (Phi) is 5.78. The molecule has 1 atom stereocenters. The summed E-state index contributed by atoms with van der Waals surface area (Å²) in [4.78, 5) is 0. The average molecular weight is 233 g/mol. The molecular formula is C15H23NO. The van der Waals surface area contributed by atoms with E-state index in [2.05, 4.69) is 50.9 Å². The Morgan fingerprint density at radius 3 is 2.88 bits per heavy atom. The molecule has 17 heavy (non-hydrogen) atoms. The molecule has 0 heterocycles. The summed E-state index contributed by atoms with van der Waals surface area (Å²) in [5.74, 6) is 0. The van der Waals surface area contributed by atoms with Gasteiger partial charge >= 0.3 is 0 Å². The van der Waals surface area contributed by atoms with Crippen molar-refractivity contribution in [3.8, 4) is 0 Å². The van der Waals surface area contributed by atoms with E-state index in [0.717, 1.165) is 19.6 Å². The lowest BCUT2D eigenvalue weighted by Crippen LogP contribution is -2.21. The molecule has 1 rings (SSSR count). The molecule has 0 amide bonds. The van der Waals surface area contributed by atoms with Crippen LogP contribution in [0.15, 0.2) is 31.0 Å². The van der Waals surface area contributed by atoms with Crippen molar-refractivity contribution in [3.05, 3.63) is 47.7 Å². The van der Waals surface area contributed by atoms with Gasteiger partial charge in [0.15, 0.2) is 0 Å². The van der Waals surface area contributed by atoms with Crippen molar-refractivity contribution in [2.75, 3.05) is 13.2 Å². The monoisotopic (exact) mass is 233 g/mol. The van der Waals surface area contributed by atoms with E-state index >= 15 is 0 Å². The van der Waals surface area contributed by atoms with Gasteiger partial charge in [0.1, 0.15) is 0 Å². The number of hydrogen-bond donors (Lipinski definition) is 1. The van der Waals surface area contributed by atoms with E-state index in [0.29, 0.717) is 6.04 Å². The van der Waals surface area contributed by atoms with Gasteiger partial charge < -0.3 is 10.1 Å². The van der Waals surface area contributed by atoms with Crippen molar-refractivity contribution >= 4 is 0 Å². The van der Waals surface area contributed by atoms with Gasteiger partial charge in [-0.15, -0.1) is 0 Å². The molecule has 0 fully saturated rings. The average Bonchev–Trinajstić information content (AvgIpc) is 2.32. The second kappa shape index (κ2) is 7.13. The Morgan fingerprint density at radius 2 is 2.18 bits per heavy atom. The van der Waals surface area contributed by atoms with Crippen LogP contribution in [0.3, 0.4) is 0 Å². The fraction of sp³-hybridized carbons (Fsp3) is 0.467. The highest BCUT2D eigenvalue weighted by Gasteiger charge is 2.07. The van der Waals surface area contributed by atoms with Gasteiger partial charge in [-0.05, 0) is 44.9 Å². The van der Waals surface area contributed by atoms with Crippen molar-refractivity contribution in [1.29, 1.82) is 0 Å². The van der Waals surface area contributed by atoms with E-state index in [1.54, 1.807) is 0 Å². The molecule has 0 spiro atoms. The van der Waals surface area contributed by atoms with Crippen LogP contribution >= 0.6 is 0 Å². The van der Waals surface area contributed by atoms with Gasteiger partial charge in [-0.2, -0.15) is 0 Å². The molecule has 94 valence electrons. The maximum absolute atomic E-state index is 5.09. The van der Waals surface area contributed by atoms with E-state index < -0.39 is 0 Å². The summed E-state index contributed by atoms with van der Waals surface area (Å²) in [5.41, 5.74) is 4.04. The quantitative estimate of drug-likeness (QED) is 0.575. The van der Waals surface area contributed by atoms with Crippen molar-refractivity contribution in [2.24, 2.45) is 0 Å². The lowest BCUT2D eigenvalue weighted by Gasteiger charge is -2.17. The zero-order valence-corrected chi connectivity index (χ0v) is 11.1. The zero-order chi connectivity index (χ0) is 12.7. The molecular weight excluding hydrogens is 210 g/mol. The van der Waals surface area contributed by atoms with Crippen LogP contribution in [-0.2, 0) is 4.74 Å². The van der Waals surface area contributed by atoms with Crippen LogP contribution < -0.4 is 5.32 Å². The summed E-state index contributed by atoms with van der Waals surface area (Å²) in [6.07, 6.45) is 2.50. The molecule has 2 nitrogen and oxygen atoms in total. The maximum Gasteiger partial charge on any atom is 0.0885 e. The zero-order valence-electron chi connectivity index (χ0n) is 11.1. The molecule has 0 aliphatic rings. The normalized spacial score (nSPS) is 12.2. The maximum atomic E-state index is 5.09. The van der Waals surface area contributed by atoms with Gasteiger partial charge in [-0.1, -0.05) is 30.3 Å². The van der Waals surface area contributed by atoms with E-state index in [1.165, 1.54) is 23.0 Å². The summed E-state index contributed by atoms with van der Waals surface area (Å²) in [6.45, 7) is 11.7. The van der Waals surface area contributed by atoms with Crippen molar-refractivity contribution < 1.29 is 4.74 Å². The summed E-state index contributed by atoms with van der Waals surface area (Å²) in [5, 5.41) is 3.51. The third-order valence-corrected chi connectivity index (χ3v) is 2.91. The number of ether oxygens (including phenoxy) is 1. The molecule has 0 aliphatic carbocycles. The minimum atomic E-state index is 0.388. The van der Waals surface area contributed by atoms with Crippen LogP contribution in [0.5, 0.6) is 0 Å². The van der Waals surface area contributed by atoms with Crippen LogP contribution in [0.2, 0.25) is 0 Å². The first kappa shape index (κ1) is 13.8. The summed E-state index contributed by atoms with van der Waals surface area (Å²) >= 11 is 0. The summed E-state index contributed by atoms with van der Waals surface area (Å²) in [7, 11) is 0. The van der Waals surface area contributed by atoms with E-state index in [-0.39, 0.29) is 0 Å². The highest BCUT2D eigenvalue weighted by molar-refractivity contribution is 5.32. The van der Waals surface area contributed by atoms with Crippen molar-refractivity contribution in [3.63, 3.8) is 0 Å². The molecule has 1 N–H and O–H groups in total. The fourth-order valence-electron chi connectivity index (χ4n) is 1.89. The predicted octanol–water partition coefficient (Wildman–Crippen LogP) is 3.50. The Morgan fingerprint density at radius 1 is 1.41 bits per heavy atom. The molecule has 0 saturated carbocycles. The fourth-order valence-corrected chi connectivity index (χ4v) is 1.89. The lowest BCUT2D eigenvalue weighted by atomic mass is 10.00. The van der Waals surface area contributed by atoms with Gasteiger partial charge in [-0.25, -0.2) is 0 Å². The van der Waals surface area contributed by atoms with Gasteiger partial charge in [0, 0.05) is 6.04 Å². The van der Waals surface area contributed by atoms with Gasteiger partial charge in [-0.3, -0.25) is 0 Å². The standard InChI is InChI=1S/C15H23NO/c1-5-17-10-6-9-16-14(4)15-11-12(2)7-8-13(15)3/h5,7-8,11,14,16H,1,6,9-10H2,2-4H3. The Hall–Kier alpha value is -1.28. The highest BCUT2D eigenvalue weighted by Crippen LogP contribution is 2.18. The summed E-state index contributed by atoms with van der Waals surface area (Å²) < 4.78 is 5.09. The minimum Gasteiger partial charge on any atom is -0.502 e. The van der Waals surface area contributed by atoms with Crippen molar-refractivity contribution in [2.45, 2.75) is 33.2 Å². The third-order valence-electron chi connectivity index (χ3n) is 2.91. The molecule has 0 aromatic heterocycles. The Bertz CT molecular complexity index is 360. The largest absolute Gasteiger partial charge is 0.502 e. The second-order valence-corrected chi connectivity index (χ2v) is 4.43. The molecule has 0 bridgehead atoms. The number of nitrogens with one attached hydrogen (secondary N) is 1. The number of benzene rings is 1. The predicted molar refractivity (Wildman–Crippen MR) is 73.1 cm³/mol.